The van der Waals surface area contributed by atoms with E-state index in [1.54, 1.807) is 36.4 Å². The highest BCUT2D eigenvalue weighted by atomic mass is 32.2. The first-order valence-corrected chi connectivity index (χ1v) is 10.1. The van der Waals surface area contributed by atoms with Gasteiger partial charge in [0.1, 0.15) is 5.60 Å². The van der Waals surface area contributed by atoms with Gasteiger partial charge in [0.2, 0.25) is 16.1 Å². The van der Waals surface area contributed by atoms with E-state index >= 15 is 0 Å². The van der Waals surface area contributed by atoms with Gasteiger partial charge in [-0.15, -0.1) is 0 Å². The Bertz CT molecular complexity index is 922. The van der Waals surface area contributed by atoms with Crippen LogP contribution in [-0.4, -0.2) is 26.2 Å². The van der Waals surface area contributed by atoms with Crippen LogP contribution in [0.15, 0.2) is 48.5 Å². The fourth-order valence-electron chi connectivity index (χ4n) is 2.94. The summed E-state index contributed by atoms with van der Waals surface area (Å²) >= 11 is 0. The highest BCUT2D eigenvalue weighted by Crippen LogP contribution is 2.43. The number of hydrogen-bond donors (Lipinski definition) is 1. The number of amides is 1. The molecule has 0 fully saturated rings. The molecule has 1 unspecified atom stereocenters. The molecule has 2 aromatic carbocycles. The Morgan fingerprint density at radius 3 is 2.50 bits per heavy atom. The summed E-state index contributed by atoms with van der Waals surface area (Å²) in [6.45, 7) is 3.95. The zero-order valence-electron chi connectivity index (χ0n) is 14.9. The molecule has 0 aliphatic carbocycles. The van der Waals surface area contributed by atoms with Crippen molar-refractivity contribution in [2.45, 2.75) is 32.0 Å². The maximum atomic E-state index is 12.5. The number of carbonyl (C=O) groups is 1. The molecular weight excluding hydrogens is 354 g/mol. The summed E-state index contributed by atoms with van der Waals surface area (Å²) in [7, 11) is -3.71. The van der Waals surface area contributed by atoms with Crippen molar-refractivity contribution in [3.63, 3.8) is 0 Å². The second-order valence-corrected chi connectivity index (χ2v) is 8.68. The second kappa shape index (κ2) is 6.64. The first-order chi connectivity index (χ1) is 12.1. The lowest BCUT2D eigenvalue weighted by Crippen LogP contribution is -2.36. The van der Waals surface area contributed by atoms with Gasteiger partial charge in [0.15, 0.2) is 11.5 Å². The van der Waals surface area contributed by atoms with E-state index in [4.69, 9.17) is 9.47 Å². The van der Waals surface area contributed by atoms with Gasteiger partial charge in [0.05, 0.1) is 6.26 Å². The Balaban J connectivity index is 1.96. The summed E-state index contributed by atoms with van der Waals surface area (Å²) in [6, 6.07) is 14.2. The van der Waals surface area contributed by atoms with Crippen LogP contribution in [0.25, 0.3) is 0 Å². The molecule has 0 saturated carbocycles. The van der Waals surface area contributed by atoms with Gasteiger partial charge in [-0.25, -0.2) is 13.1 Å². The molecule has 2 aromatic rings. The molecule has 26 heavy (non-hydrogen) atoms. The molecular formula is C19H21NO5S. The van der Waals surface area contributed by atoms with Crippen molar-refractivity contribution in [3.05, 3.63) is 59.7 Å². The van der Waals surface area contributed by atoms with Crippen molar-refractivity contribution in [3.8, 4) is 11.5 Å². The minimum absolute atomic E-state index is 0.362. The van der Waals surface area contributed by atoms with Gasteiger partial charge in [0.25, 0.3) is 5.91 Å². The molecule has 1 aliphatic heterocycles. The van der Waals surface area contributed by atoms with Crippen LogP contribution in [0.2, 0.25) is 0 Å². The summed E-state index contributed by atoms with van der Waals surface area (Å²) in [5.74, 6) is 0.240. The fourth-order valence-corrected chi connectivity index (χ4v) is 3.42. The van der Waals surface area contributed by atoms with Crippen molar-refractivity contribution < 1.29 is 22.7 Å². The van der Waals surface area contributed by atoms with E-state index in [-0.39, 0.29) is 5.60 Å². The first kappa shape index (κ1) is 18.3. The molecule has 1 atom stereocenters. The molecule has 0 saturated heterocycles. The normalized spacial score (nSPS) is 16.3. The van der Waals surface area contributed by atoms with Crippen LogP contribution in [0.1, 0.15) is 31.1 Å². The van der Waals surface area contributed by atoms with Crippen LogP contribution in [0.4, 0.5) is 0 Å². The van der Waals surface area contributed by atoms with Crippen molar-refractivity contribution in [2.24, 2.45) is 0 Å². The third-order valence-electron chi connectivity index (χ3n) is 3.93. The number of para-hydroxylation sites is 1. The lowest BCUT2D eigenvalue weighted by atomic mass is 10.0. The van der Waals surface area contributed by atoms with E-state index in [1.807, 2.05) is 30.7 Å². The summed E-state index contributed by atoms with van der Waals surface area (Å²) in [5, 5.41) is 0. The largest absolute Gasteiger partial charge is 0.483 e. The lowest BCUT2D eigenvalue weighted by molar-refractivity contribution is -0.126. The standard InChI is InChI=1S/C19H21NO5S/c1-19(2)12-14-10-7-11-15(16(14)25-19)24-17(13-8-5-4-6-9-13)18(21)20-26(3,22)23/h4-11,17H,12H2,1-3H3,(H,20,21). The molecule has 0 radical (unpaired) electrons. The SMILES string of the molecule is CC1(C)Cc2cccc(OC(C(=O)NS(C)(=O)=O)c3ccccc3)c2O1. The molecule has 0 bridgehead atoms. The fraction of sp³-hybridized carbons (Fsp3) is 0.316. The Labute approximate surface area is 153 Å². The minimum Gasteiger partial charge on any atom is -0.483 e. The van der Waals surface area contributed by atoms with Crippen molar-refractivity contribution in [2.75, 3.05) is 6.26 Å². The van der Waals surface area contributed by atoms with Crippen LogP contribution in [0, 0.1) is 0 Å². The number of fused-ring (bicyclic) bond motifs is 1. The van der Waals surface area contributed by atoms with Crippen LogP contribution >= 0.6 is 0 Å². The molecule has 138 valence electrons. The van der Waals surface area contributed by atoms with Crippen LogP contribution < -0.4 is 14.2 Å². The molecule has 1 heterocycles. The average Bonchev–Trinajstić information content (AvgIpc) is 2.86. The minimum atomic E-state index is -3.71. The van der Waals surface area contributed by atoms with E-state index in [0.717, 1.165) is 18.2 Å². The van der Waals surface area contributed by atoms with Gasteiger partial charge in [-0.3, -0.25) is 4.79 Å². The summed E-state index contributed by atoms with van der Waals surface area (Å²) in [5.41, 5.74) is 1.17. The highest BCUT2D eigenvalue weighted by Gasteiger charge is 2.34. The molecule has 1 aliphatic rings. The van der Waals surface area contributed by atoms with Crippen molar-refractivity contribution >= 4 is 15.9 Å². The highest BCUT2D eigenvalue weighted by molar-refractivity contribution is 7.89. The van der Waals surface area contributed by atoms with E-state index < -0.39 is 22.0 Å². The molecule has 0 aromatic heterocycles. The Morgan fingerprint density at radius 2 is 1.85 bits per heavy atom. The maximum Gasteiger partial charge on any atom is 0.279 e. The average molecular weight is 375 g/mol. The van der Waals surface area contributed by atoms with E-state index in [1.165, 1.54) is 0 Å². The number of rotatable bonds is 5. The van der Waals surface area contributed by atoms with Gasteiger partial charge in [-0.2, -0.15) is 0 Å². The zero-order chi connectivity index (χ0) is 18.9. The molecule has 6 nitrogen and oxygen atoms in total. The van der Waals surface area contributed by atoms with E-state index in [9.17, 15) is 13.2 Å². The Hall–Kier alpha value is -2.54. The zero-order valence-corrected chi connectivity index (χ0v) is 15.7. The topological polar surface area (TPSA) is 81.7 Å². The number of sulfonamides is 1. The summed E-state index contributed by atoms with van der Waals surface area (Å²) in [4.78, 5) is 12.5. The van der Waals surface area contributed by atoms with Crippen LogP contribution in [0.3, 0.4) is 0 Å². The van der Waals surface area contributed by atoms with Crippen molar-refractivity contribution in [1.82, 2.24) is 4.72 Å². The third kappa shape index (κ3) is 4.16. The Kier molecular flexibility index (Phi) is 4.66. The molecule has 3 rings (SSSR count). The van der Waals surface area contributed by atoms with Gasteiger partial charge in [-0.05, 0) is 19.9 Å². The maximum absolute atomic E-state index is 12.5. The van der Waals surface area contributed by atoms with E-state index in [0.29, 0.717) is 17.1 Å². The monoisotopic (exact) mass is 375 g/mol. The molecule has 0 spiro atoms. The number of ether oxygens (including phenoxy) is 2. The van der Waals surface area contributed by atoms with Gasteiger partial charge < -0.3 is 9.47 Å². The molecule has 1 N–H and O–H groups in total. The van der Waals surface area contributed by atoms with Gasteiger partial charge in [0, 0.05) is 17.5 Å². The first-order valence-electron chi connectivity index (χ1n) is 8.19. The number of hydrogen-bond acceptors (Lipinski definition) is 5. The summed E-state index contributed by atoms with van der Waals surface area (Å²) < 4.78 is 36.9. The Morgan fingerprint density at radius 1 is 1.15 bits per heavy atom. The predicted molar refractivity (Wildman–Crippen MR) is 97.7 cm³/mol. The number of carbonyl (C=O) groups excluding carboxylic acids is 1. The summed E-state index contributed by atoms with van der Waals surface area (Å²) in [6.07, 6.45) is 0.536. The molecule has 7 heteroatoms. The quantitative estimate of drug-likeness (QED) is 0.869. The smallest absolute Gasteiger partial charge is 0.279 e. The molecule has 1 amide bonds. The number of nitrogens with one attached hydrogen (secondary N) is 1. The van der Waals surface area contributed by atoms with E-state index in [2.05, 4.69) is 0 Å². The predicted octanol–water partition coefficient (Wildman–Crippen LogP) is 2.60. The lowest BCUT2D eigenvalue weighted by Gasteiger charge is -2.21. The van der Waals surface area contributed by atoms with Crippen LogP contribution in [0.5, 0.6) is 11.5 Å². The van der Waals surface area contributed by atoms with Crippen molar-refractivity contribution in [1.29, 1.82) is 0 Å². The van der Waals surface area contributed by atoms with Crippen LogP contribution in [-0.2, 0) is 21.2 Å². The third-order valence-corrected chi connectivity index (χ3v) is 4.50. The van der Waals surface area contributed by atoms with Gasteiger partial charge in [-0.1, -0.05) is 42.5 Å². The van der Waals surface area contributed by atoms with Gasteiger partial charge >= 0.3 is 0 Å². The second-order valence-electron chi connectivity index (χ2n) is 6.93. The number of benzene rings is 2.